The van der Waals surface area contributed by atoms with Crippen molar-refractivity contribution in [3.63, 3.8) is 0 Å². The topological polar surface area (TPSA) is 239 Å². The predicted octanol–water partition coefficient (Wildman–Crippen LogP) is 6.70. The molecule has 2 heterocycles. The number of nitrogens with one attached hydrogen (secondary N) is 8. The molecule has 8 N–H and O–H groups in total. The van der Waals surface area contributed by atoms with E-state index in [1.54, 1.807) is 43.8 Å². The first-order valence-electron chi connectivity index (χ1n) is 29.3. The Labute approximate surface area is 500 Å². The number of benzene rings is 4. The van der Waals surface area contributed by atoms with Crippen LogP contribution in [-0.2, 0) is 64.0 Å². The van der Waals surface area contributed by atoms with E-state index in [9.17, 15) is 38.4 Å². The molecule has 0 radical (unpaired) electrons. The highest BCUT2D eigenvalue weighted by Crippen LogP contribution is 2.32. The highest BCUT2D eigenvalue weighted by atomic mass is 35.5. The normalized spacial score (nSPS) is 19.4. The van der Waals surface area contributed by atoms with Crippen LogP contribution in [0, 0.1) is 0 Å². The number of carbonyl (C=O) groups is 8. The summed E-state index contributed by atoms with van der Waals surface area (Å²) in [7, 11) is 3.32. The van der Waals surface area contributed by atoms with E-state index >= 15 is 0 Å². The Morgan fingerprint density at radius 3 is 1.41 bits per heavy atom. The van der Waals surface area contributed by atoms with E-state index in [-0.39, 0.29) is 110 Å². The molecule has 2 aliphatic heterocycles. The van der Waals surface area contributed by atoms with Gasteiger partial charge in [-0.05, 0) is 182 Å². The van der Waals surface area contributed by atoms with Crippen molar-refractivity contribution in [2.75, 3.05) is 37.8 Å². The van der Waals surface area contributed by atoms with Gasteiger partial charge >= 0.3 is 0 Å². The van der Waals surface area contributed by atoms with Crippen LogP contribution in [-0.4, -0.2) is 120 Å². The largest absolute Gasteiger partial charge is 0.347 e. The van der Waals surface area contributed by atoms with Gasteiger partial charge in [0.2, 0.25) is 47.3 Å². The Hall–Kier alpha value is -6.86. The Morgan fingerprint density at radius 2 is 0.952 bits per heavy atom. The Morgan fingerprint density at radius 1 is 0.518 bits per heavy atom. The van der Waals surface area contributed by atoms with Crippen LogP contribution >= 0.6 is 24.8 Å². The first-order chi connectivity index (χ1) is 39.2. The summed E-state index contributed by atoms with van der Waals surface area (Å²) in [5.74, 6) is -2.41. The van der Waals surface area contributed by atoms with Crippen molar-refractivity contribution in [2.45, 2.75) is 171 Å². The maximum absolute atomic E-state index is 14.3. The molecule has 4 aromatic carbocycles. The lowest BCUT2D eigenvalue weighted by molar-refractivity contribution is -0.142. The lowest BCUT2D eigenvalue weighted by atomic mass is 9.87. The molecule has 20 heteroatoms. The van der Waals surface area contributed by atoms with E-state index in [2.05, 4.69) is 66.8 Å². The average Bonchev–Trinajstić information content (AvgIpc) is 4.35. The summed E-state index contributed by atoms with van der Waals surface area (Å²) in [5, 5.41) is 24.0. The van der Waals surface area contributed by atoms with Gasteiger partial charge in [0.05, 0.1) is 24.2 Å². The third-order valence-corrected chi connectivity index (χ3v) is 16.6. The van der Waals surface area contributed by atoms with Gasteiger partial charge in [-0.3, -0.25) is 38.4 Å². The third kappa shape index (κ3) is 17.6. The Kier molecular flexibility index (Phi) is 24.9. The minimum Gasteiger partial charge on any atom is -0.347 e. The molecule has 8 atom stereocenters. The summed E-state index contributed by atoms with van der Waals surface area (Å²) in [6.07, 6.45) is 9.72. The molecule has 18 nitrogen and oxygen atoms in total. The van der Waals surface area contributed by atoms with E-state index in [1.807, 2.05) is 66.7 Å². The van der Waals surface area contributed by atoms with Crippen molar-refractivity contribution in [1.29, 1.82) is 0 Å². The second-order valence-electron chi connectivity index (χ2n) is 22.3. The third-order valence-electron chi connectivity index (χ3n) is 16.6. The molecular formula is C63H84Cl2N10O8. The predicted molar refractivity (Wildman–Crippen MR) is 326 cm³/mol. The second kappa shape index (κ2) is 31.7. The molecule has 2 saturated heterocycles. The molecule has 0 saturated carbocycles. The molecule has 0 aromatic heterocycles. The summed E-state index contributed by atoms with van der Waals surface area (Å²) < 4.78 is 0. The molecule has 4 aromatic rings. The first kappa shape index (κ1) is 65.3. The number of halogens is 2. The van der Waals surface area contributed by atoms with Crippen molar-refractivity contribution < 1.29 is 38.4 Å². The van der Waals surface area contributed by atoms with Gasteiger partial charge in [0, 0.05) is 37.3 Å². The number of rotatable bonds is 24. The zero-order valence-corrected chi connectivity index (χ0v) is 49.9. The summed E-state index contributed by atoms with van der Waals surface area (Å²) >= 11 is 0. The van der Waals surface area contributed by atoms with Gasteiger partial charge in [-0.2, -0.15) is 0 Å². The maximum Gasteiger partial charge on any atom is 0.245 e. The molecule has 83 heavy (non-hydrogen) atoms. The van der Waals surface area contributed by atoms with Crippen LogP contribution in [0.3, 0.4) is 0 Å². The number of carbonyl (C=O) groups excluding carboxylic acids is 8. The molecular weight excluding hydrogens is 1100 g/mol. The monoisotopic (exact) mass is 1180 g/mol. The highest BCUT2D eigenvalue weighted by molar-refractivity contribution is 5.96. The van der Waals surface area contributed by atoms with Gasteiger partial charge in [-0.25, -0.2) is 0 Å². The van der Waals surface area contributed by atoms with Gasteiger partial charge in [0.15, 0.2) is 0 Å². The van der Waals surface area contributed by atoms with Gasteiger partial charge in [-0.15, -0.1) is 24.8 Å². The quantitative estimate of drug-likeness (QED) is 0.0370. The van der Waals surface area contributed by atoms with Crippen molar-refractivity contribution in [2.24, 2.45) is 0 Å². The standard InChI is InChI=1S/C63H82N10O8.2ClH/c1-40(64-3)58(76)70-52(62(80)72-36-14-29-54(72)60(78)68-50-26-11-20-44-18-5-7-24-48(44)50)28-13-31-56(74)66-46-22-9-16-42(38-46)32-33-43-17-10-23-47(39-43)67-57(75)35-34-53(71-59(77)41(2)65-4)63(81)73-37-15-30-55(73)61(79)69-51-27-12-21-45-19-6-8-25-49(45)51;;/h5-10,16-19,22-25,38-41,50-55,64-65H,11-15,20-21,26-37H2,1-4H3,(H,66,74)(H,67,75)(H,68,78)(H,69,79)(H,70,76)(H,71,77);2*1H/t40-,41-,50-,51-,52?,53?,54-,55-;;/m0../s1. The van der Waals surface area contributed by atoms with Crippen LogP contribution < -0.4 is 42.5 Å². The molecule has 2 aliphatic carbocycles. The fourth-order valence-corrected chi connectivity index (χ4v) is 11.8. The van der Waals surface area contributed by atoms with Crippen LogP contribution in [0.1, 0.15) is 143 Å². The number of aryl methyl sites for hydroxylation is 4. The van der Waals surface area contributed by atoms with Crippen molar-refractivity contribution in [3.8, 4) is 0 Å². The van der Waals surface area contributed by atoms with E-state index in [0.29, 0.717) is 69.4 Å². The second-order valence-corrected chi connectivity index (χ2v) is 22.3. The summed E-state index contributed by atoms with van der Waals surface area (Å²) in [6.45, 7) is 4.17. The fraction of sp³-hybridized carbons (Fsp3) is 0.492. The van der Waals surface area contributed by atoms with E-state index in [0.717, 1.165) is 60.8 Å². The molecule has 0 spiro atoms. The van der Waals surface area contributed by atoms with E-state index < -0.39 is 36.3 Å². The molecule has 448 valence electrons. The van der Waals surface area contributed by atoms with Crippen molar-refractivity contribution in [1.82, 2.24) is 41.7 Å². The zero-order chi connectivity index (χ0) is 57.4. The minimum absolute atomic E-state index is 0. The SMILES string of the molecule is CN[C@@H](C)C(=O)NC(CCCC(=O)Nc1cccc(CCc2cccc(NC(=O)CCC(NC(=O)[C@H](C)NC)C(=O)N3CCC[C@H]3C(=O)N[C@H]3CCCc4ccccc43)c2)c1)C(=O)N1CCC[C@H]1C(=O)N[C@H]1CCCc2ccccc21.Cl.Cl. The lowest BCUT2D eigenvalue weighted by Gasteiger charge is -2.32. The van der Waals surface area contributed by atoms with E-state index in [1.165, 1.54) is 11.1 Å². The Bertz CT molecular complexity index is 2910. The molecule has 8 rings (SSSR count). The zero-order valence-electron chi connectivity index (χ0n) is 48.3. The summed E-state index contributed by atoms with van der Waals surface area (Å²) in [5.41, 5.74) is 7.83. The van der Waals surface area contributed by atoms with Crippen LogP contribution in [0.2, 0.25) is 0 Å². The van der Waals surface area contributed by atoms with Gasteiger partial charge in [0.1, 0.15) is 24.2 Å². The number of hydrogen-bond acceptors (Lipinski definition) is 10. The number of fused-ring (bicyclic) bond motifs is 2. The van der Waals surface area contributed by atoms with Crippen LogP contribution in [0.5, 0.6) is 0 Å². The van der Waals surface area contributed by atoms with Crippen LogP contribution in [0.4, 0.5) is 11.4 Å². The number of likely N-dealkylation sites (N-methyl/N-ethyl adjacent to an activating group) is 2. The van der Waals surface area contributed by atoms with Gasteiger partial charge < -0.3 is 52.3 Å². The minimum atomic E-state index is -1.02. The van der Waals surface area contributed by atoms with Gasteiger partial charge in [0.25, 0.3) is 0 Å². The molecule has 4 aliphatic rings. The molecule has 2 unspecified atom stereocenters. The number of anilines is 2. The van der Waals surface area contributed by atoms with Crippen molar-refractivity contribution in [3.05, 3.63) is 130 Å². The molecule has 2 fully saturated rings. The number of hydrogen-bond donors (Lipinski definition) is 8. The highest BCUT2D eigenvalue weighted by Gasteiger charge is 2.41. The number of nitrogens with zero attached hydrogens (tertiary/aromatic N) is 2. The molecule has 8 amide bonds. The lowest BCUT2D eigenvalue weighted by Crippen LogP contribution is -2.55. The van der Waals surface area contributed by atoms with E-state index in [4.69, 9.17) is 0 Å². The van der Waals surface area contributed by atoms with Gasteiger partial charge in [-0.1, -0.05) is 72.8 Å². The Balaban J connectivity index is 0.00000553. The molecule has 0 bridgehead atoms. The average molecular weight is 1180 g/mol. The van der Waals surface area contributed by atoms with Crippen molar-refractivity contribution >= 4 is 83.4 Å². The number of amides is 8. The van der Waals surface area contributed by atoms with Crippen LogP contribution in [0.15, 0.2) is 97.1 Å². The number of likely N-dealkylation sites (tertiary alicyclic amines) is 2. The first-order valence-corrected chi connectivity index (χ1v) is 29.3. The summed E-state index contributed by atoms with van der Waals surface area (Å²) in [4.78, 5) is 113. The summed E-state index contributed by atoms with van der Waals surface area (Å²) in [6, 6.07) is 26.7. The smallest absolute Gasteiger partial charge is 0.245 e. The fourth-order valence-electron chi connectivity index (χ4n) is 11.8. The maximum atomic E-state index is 14.3. The van der Waals surface area contributed by atoms with Crippen LogP contribution in [0.25, 0.3) is 0 Å².